The quantitative estimate of drug-likeness (QED) is 0.595. The van der Waals surface area contributed by atoms with Crippen LogP contribution in [0.1, 0.15) is 27.6 Å². The van der Waals surface area contributed by atoms with Crippen molar-refractivity contribution in [3.8, 4) is 11.5 Å². The Hall–Kier alpha value is -2.05. The number of ether oxygens (including phenoxy) is 2. The highest BCUT2D eigenvalue weighted by Gasteiger charge is 2.19. The molecule has 0 aliphatic carbocycles. The first-order valence-electron chi connectivity index (χ1n) is 6.59. The number of carbonyl (C=O) groups excluding carboxylic acids is 1. The zero-order chi connectivity index (χ0) is 17.0. The molecule has 0 saturated heterocycles. The second kappa shape index (κ2) is 7.48. The molecule has 0 bridgehead atoms. The van der Waals surface area contributed by atoms with Gasteiger partial charge in [0.05, 0.1) is 6.61 Å². The number of benzene rings is 2. The maximum absolute atomic E-state index is 12.4. The van der Waals surface area contributed by atoms with E-state index in [0.717, 1.165) is 0 Å². The Bertz CT molecular complexity index is 760. The fourth-order valence-electron chi connectivity index (χ4n) is 1.86. The van der Waals surface area contributed by atoms with Crippen molar-refractivity contribution in [3.63, 3.8) is 0 Å². The van der Waals surface area contributed by atoms with E-state index in [-0.39, 0.29) is 21.9 Å². The van der Waals surface area contributed by atoms with E-state index < -0.39 is 11.9 Å². The SMILES string of the molecule is CCOc1ccc(Br)cc1C(=O)Oc1ccc(Cl)cc1C(=O)O. The molecule has 2 aromatic rings. The molecule has 1 N–H and O–H groups in total. The maximum atomic E-state index is 12.4. The van der Waals surface area contributed by atoms with E-state index in [1.807, 2.05) is 0 Å². The van der Waals surface area contributed by atoms with Gasteiger partial charge in [-0.2, -0.15) is 0 Å². The van der Waals surface area contributed by atoms with Crippen molar-refractivity contribution in [1.82, 2.24) is 0 Å². The van der Waals surface area contributed by atoms with Gasteiger partial charge in [0.15, 0.2) is 0 Å². The van der Waals surface area contributed by atoms with Crippen LogP contribution in [0, 0.1) is 0 Å². The molecule has 0 unspecified atom stereocenters. The largest absolute Gasteiger partial charge is 0.493 e. The Morgan fingerprint density at radius 1 is 1.13 bits per heavy atom. The molecule has 0 atom stereocenters. The summed E-state index contributed by atoms with van der Waals surface area (Å²) in [6.07, 6.45) is 0. The number of hydrogen-bond donors (Lipinski definition) is 1. The summed E-state index contributed by atoms with van der Waals surface area (Å²) in [5, 5.41) is 9.41. The molecule has 7 heteroatoms. The normalized spacial score (nSPS) is 10.2. The third-order valence-corrected chi connectivity index (χ3v) is 3.56. The summed E-state index contributed by atoms with van der Waals surface area (Å²) in [5.74, 6) is -1.70. The zero-order valence-electron chi connectivity index (χ0n) is 12.0. The molecule has 2 rings (SSSR count). The summed E-state index contributed by atoms with van der Waals surface area (Å²) in [7, 11) is 0. The molecular formula is C16H12BrClO5. The number of rotatable bonds is 5. The van der Waals surface area contributed by atoms with Gasteiger partial charge in [-0.1, -0.05) is 27.5 Å². The molecule has 5 nitrogen and oxygen atoms in total. The highest BCUT2D eigenvalue weighted by atomic mass is 79.9. The van der Waals surface area contributed by atoms with Crippen molar-refractivity contribution in [1.29, 1.82) is 0 Å². The molecule has 0 spiro atoms. The number of carboxylic acid groups (broad SMARTS) is 1. The van der Waals surface area contributed by atoms with Crippen LogP contribution >= 0.6 is 27.5 Å². The first kappa shape index (κ1) is 17.3. The summed E-state index contributed by atoms with van der Waals surface area (Å²) in [5.41, 5.74) is -0.00804. The van der Waals surface area contributed by atoms with Gasteiger partial charge in [-0.05, 0) is 43.3 Å². The molecule has 0 fully saturated rings. The van der Waals surface area contributed by atoms with Crippen molar-refractivity contribution in [2.75, 3.05) is 6.61 Å². The molecule has 2 aromatic carbocycles. The van der Waals surface area contributed by atoms with Crippen molar-refractivity contribution in [3.05, 3.63) is 57.0 Å². The van der Waals surface area contributed by atoms with Crippen LogP contribution in [-0.4, -0.2) is 23.7 Å². The van der Waals surface area contributed by atoms with Gasteiger partial charge in [0.25, 0.3) is 0 Å². The lowest BCUT2D eigenvalue weighted by molar-refractivity contribution is 0.0680. The van der Waals surface area contributed by atoms with Crippen molar-refractivity contribution >= 4 is 39.5 Å². The summed E-state index contributed by atoms with van der Waals surface area (Å²) in [6, 6.07) is 8.90. The van der Waals surface area contributed by atoms with Crippen LogP contribution in [0.3, 0.4) is 0 Å². The molecule has 120 valence electrons. The molecular weight excluding hydrogens is 388 g/mol. The molecule has 0 aliphatic rings. The van der Waals surface area contributed by atoms with Crippen LogP contribution < -0.4 is 9.47 Å². The predicted octanol–water partition coefficient (Wildman–Crippen LogP) is 4.42. The second-order valence-corrected chi connectivity index (χ2v) is 5.76. The van der Waals surface area contributed by atoms with Gasteiger partial charge in [-0.3, -0.25) is 0 Å². The molecule has 0 aliphatic heterocycles. The lowest BCUT2D eigenvalue weighted by Gasteiger charge is -2.11. The molecule has 0 heterocycles. The summed E-state index contributed by atoms with van der Waals surface area (Å²) >= 11 is 9.05. The number of esters is 1. The van der Waals surface area contributed by atoms with E-state index >= 15 is 0 Å². The van der Waals surface area contributed by atoms with Crippen LogP contribution in [-0.2, 0) is 0 Å². The monoisotopic (exact) mass is 398 g/mol. The van der Waals surface area contributed by atoms with Crippen molar-refractivity contribution in [2.24, 2.45) is 0 Å². The van der Waals surface area contributed by atoms with Gasteiger partial charge >= 0.3 is 11.9 Å². The Morgan fingerprint density at radius 3 is 2.48 bits per heavy atom. The van der Waals surface area contributed by atoms with Gasteiger partial charge in [0.2, 0.25) is 0 Å². The zero-order valence-corrected chi connectivity index (χ0v) is 14.3. The fourth-order valence-corrected chi connectivity index (χ4v) is 2.39. The minimum Gasteiger partial charge on any atom is -0.493 e. The molecule has 0 radical (unpaired) electrons. The molecule has 23 heavy (non-hydrogen) atoms. The van der Waals surface area contributed by atoms with E-state index in [4.69, 9.17) is 21.1 Å². The lowest BCUT2D eigenvalue weighted by atomic mass is 10.2. The summed E-state index contributed by atoms with van der Waals surface area (Å²) in [4.78, 5) is 23.6. The lowest BCUT2D eigenvalue weighted by Crippen LogP contribution is -2.13. The number of carbonyl (C=O) groups is 2. The third kappa shape index (κ3) is 4.24. The molecule has 0 saturated carbocycles. The second-order valence-electron chi connectivity index (χ2n) is 4.41. The van der Waals surface area contributed by atoms with Crippen LogP contribution in [0.25, 0.3) is 0 Å². The smallest absolute Gasteiger partial charge is 0.347 e. The van der Waals surface area contributed by atoms with Crippen LogP contribution in [0.2, 0.25) is 5.02 Å². The topological polar surface area (TPSA) is 72.8 Å². The summed E-state index contributed by atoms with van der Waals surface area (Å²) in [6.45, 7) is 2.17. The Labute approximate surface area is 145 Å². The minimum atomic E-state index is -1.24. The van der Waals surface area contributed by atoms with E-state index in [1.165, 1.54) is 18.2 Å². The maximum Gasteiger partial charge on any atom is 0.347 e. The van der Waals surface area contributed by atoms with E-state index in [9.17, 15) is 14.7 Å². The van der Waals surface area contributed by atoms with Gasteiger partial charge < -0.3 is 14.6 Å². The van der Waals surface area contributed by atoms with Gasteiger partial charge in [-0.25, -0.2) is 9.59 Å². The van der Waals surface area contributed by atoms with Crippen molar-refractivity contribution < 1.29 is 24.2 Å². The highest BCUT2D eigenvalue weighted by Crippen LogP contribution is 2.27. The molecule has 0 aromatic heterocycles. The average molecular weight is 400 g/mol. The van der Waals surface area contributed by atoms with E-state index in [2.05, 4.69) is 15.9 Å². The first-order valence-corrected chi connectivity index (χ1v) is 7.77. The Morgan fingerprint density at radius 2 is 1.83 bits per heavy atom. The third-order valence-electron chi connectivity index (χ3n) is 2.84. The Kier molecular flexibility index (Phi) is 5.63. The Balaban J connectivity index is 2.37. The van der Waals surface area contributed by atoms with E-state index in [1.54, 1.807) is 25.1 Å². The van der Waals surface area contributed by atoms with Gasteiger partial charge in [0.1, 0.15) is 22.6 Å². The fraction of sp³-hybridized carbons (Fsp3) is 0.125. The highest BCUT2D eigenvalue weighted by molar-refractivity contribution is 9.10. The predicted molar refractivity (Wildman–Crippen MR) is 88.7 cm³/mol. The number of halogens is 2. The first-order chi connectivity index (χ1) is 10.9. The van der Waals surface area contributed by atoms with E-state index in [0.29, 0.717) is 16.8 Å². The average Bonchev–Trinajstić information content (AvgIpc) is 2.50. The van der Waals surface area contributed by atoms with Gasteiger partial charge in [0, 0.05) is 9.50 Å². The minimum absolute atomic E-state index is 0.0886. The standard InChI is InChI=1S/C16H12BrClO5/c1-2-22-13-5-3-9(17)7-12(13)16(21)23-14-6-4-10(18)8-11(14)15(19)20/h3-8H,2H2,1H3,(H,19,20). The number of hydrogen-bond acceptors (Lipinski definition) is 4. The van der Waals surface area contributed by atoms with Crippen LogP contribution in [0.5, 0.6) is 11.5 Å². The van der Waals surface area contributed by atoms with Crippen LogP contribution in [0.4, 0.5) is 0 Å². The number of carboxylic acids is 1. The summed E-state index contributed by atoms with van der Waals surface area (Å²) < 4.78 is 11.3. The van der Waals surface area contributed by atoms with Crippen molar-refractivity contribution in [2.45, 2.75) is 6.92 Å². The molecule has 0 amide bonds. The van der Waals surface area contributed by atoms with Gasteiger partial charge in [-0.15, -0.1) is 0 Å². The van der Waals surface area contributed by atoms with Crippen LogP contribution in [0.15, 0.2) is 40.9 Å². The number of aromatic carboxylic acids is 1.